The Morgan fingerprint density at radius 1 is 1.19 bits per heavy atom. The van der Waals surface area contributed by atoms with Gasteiger partial charge in [0.2, 0.25) is 0 Å². The Labute approximate surface area is 98.1 Å². The third kappa shape index (κ3) is 5.66. The van der Waals surface area contributed by atoms with E-state index >= 15 is 0 Å². The number of Topliss-reactive ketones (excluding diaryl/α,β-unsaturated/α-hetero) is 1. The lowest BCUT2D eigenvalue weighted by Crippen LogP contribution is -2.25. The molecular weight excluding hydrogens is 198 g/mol. The Bertz CT molecular complexity index is 324. The average Bonchev–Trinajstić information content (AvgIpc) is 2.16. The zero-order chi connectivity index (χ0) is 12.0. The summed E-state index contributed by atoms with van der Waals surface area (Å²) in [5, 5.41) is 3.17. The number of ketones is 1. The van der Waals surface area contributed by atoms with E-state index in [0.29, 0.717) is 13.0 Å². The number of carbonyl (C=O) groups excluding carboxylic acids is 1. The second-order valence-electron chi connectivity index (χ2n) is 5.37. The molecular formula is C14H21NO. The van der Waals surface area contributed by atoms with Crippen LogP contribution >= 0.6 is 0 Å². The van der Waals surface area contributed by atoms with Gasteiger partial charge < -0.3 is 5.32 Å². The van der Waals surface area contributed by atoms with E-state index in [1.54, 1.807) is 0 Å². The first-order chi connectivity index (χ1) is 7.47. The fraction of sp³-hybridized carbons (Fsp3) is 0.500. The smallest absolute Gasteiger partial charge is 0.147 e. The van der Waals surface area contributed by atoms with E-state index in [1.165, 1.54) is 5.56 Å². The van der Waals surface area contributed by atoms with E-state index in [9.17, 15) is 4.79 Å². The van der Waals surface area contributed by atoms with Crippen LogP contribution in [-0.2, 0) is 11.3 Å². The second kappa shape index (κ2) is 5.80. The molecule has 0 aliphatic carbocycles. The van der Waals surface area contributed by atoms with E-state index in [0.717, 1.165) is 6.54 Å². The molecule has 0 bridgehead atoms. The van der Waals surface area contributed by atoms with Crippen molar-refractivity contribution in [1.29, 1.82) is 0 Å². The Kier molecular flexibility index (Phi) is 4.69. The molecule has 0 spiro atoms. The highest BCUT2D eigenvalue weighted by Gasteiger charge is 2.15. The summed E-state index contributed by atoms with van der Waals surface area (Å²) in [6.45, 7) is 7.48. The fourth-order valence-corrected chi connectivity index (χ4v) is 1.60. The third-order valence-electron chi connectivity index (χ3n) is 2.22. The minimum absolute atomic E-state index is 0.0888. The largest absolute Gasteiger partial charge is 0.306 e. The lowest BCUT2D eigenvalue weighted by Gasteiger charge is -2.16. The van der Waals surface area contributed by atoms with Gasteiger partial charge in [0.15, 0.2) is 0 Å². The maximum atomic E-state index is 11.6. The van der Waals surface area contributed by atoms with Crippen molar-refractivity contribution < 1.29 is 4.79 Å². The summed E-state index contributed by atoms with van der Waals surface area (Å²) in [6.07, 6.45) is 0.634. The third-order valence-corrected chi connectivity index (χ3v) is 2.22. The van der Waals surface area contributed by atoms with Crippen molar-refractivity contribution >= 4 is 5.78 Å². The van der Waals surface area contributed by atoms with Gasteiger partial charge in [-0.3, -0.25) is 4.79 Å². The van der Waals surface area contributed by atoms with E-state index in [1.807, 2.05) is 18.2 Å². The van der Waals surface area contributed by atoms with Crippen molar-refractivity contribution in [2.75, 3.05) is 6.54 Å². The van der Waals surface area contributed by atoms with Crippen molar-refractivity contribution in [3.05, 3.63) is 35.9 Å². The van der Waals surface area contributed by atoms with Gasteiger partial charge >= 0.3 is 0 Å². The number of benzene rings is 1. The first-order valence-corrected chi connectivity index (χ1v) is 5.74. The Morgan fingerprint density at radius 3 is 2.38 bits per heavy atom. The van der Waals surface area contributed by atoms with Crippen LogP contribution in [0, 0.1) is 5.41 Å². The molecule has 1 aromatic carbocycles. The van der Waals surface area contributed by atoms with Crippen LogP contribution in [-0.4, -0.2) is 12.3 Å². The van der Waals surface area contributed by atoms with Gasteiger partial charge in [-0.25, -0.2) is 0 Å². The first-order valence-electron chi connectivity index (χ1n) is 5.74. The zero-order valence-electron chi connectivity index (χ0n) is 10.4. The summed E-state index contributed by atoms with van der Waals surface area (Å²) in [4.78, 5) is 11.6. The molecule has 0 aromatic heterocycles. The highest BCUT2D eigenvalue weighted by molar-refractivity contribution is 5.80. The van der Waals surface area contributed by atoms with Gasteiger partial charge in [-0.1, -0.05) is 51.1 Å². The topological polar surface area (TPSA) is 29.1 Å². The SMILES string of the molecule is CC(C)(C)CC(=O)CNCc1ccccc1. The predicted molar refractivity (Wildman–Crippen MR) is 67.2 cm³/mol. The van der Waals surface area contributed by atoms with Gasteiger partial charge in [-0.15, -0.1) is 0 Å². The molecule has 0 saturated carbocycles. The number of hydrogen-bond acceptors (Lipinski definition) is 2. The summed E-state index contributed by atoms with van der Waals surface area (Å²) in [5.74, 6) is 0.281. The summed E-state index contributed by atoms with van der Waals surface area (Å²) in [7, 11) is 0. The highest BCUT2D eigenvalue weighted by atomic mass is 16.1. The summed E-state index contributed by atoms with van der Waals surface area (Å²) < 4.78 is 0. The van der Waals surface area contributed by atoms with E-state index in [-0.39, 0.29) is 11.2 Å². The zero-order valence-corrected chi connectivity index (χ0v) is 10.4. The van der Waals surface area contributed by atoms with Crippen LogP contribution in [0.1, 0.15) is 32.8 Å². The van der Waals surface area contributed by atoms with E-state index in [2.05, 4.69) is 38.2 Å². The molecule has 2 heteroatoms. The van der Waals surface area contributed by atoms with Gasteiger partial charge in [0.05, 0.1) is 6.54 Å². The van der Waals surface area contributed by atoms with E-state index < -0.39 is 0 Å². The minimum Gasteiger partial charge on any atom is -0.306 e. The fourth-order valence-electron chi connectivity index (χ4n) is 1.60. The van der Waals surface area contributed by atoms with Gasteiger partial charge in [-0.05, 0) is 11.0 Å². The van der Waals surface area contributed by atoms with Crippen LogP contribution in [0.4, 0.5) is 0 Å². The van der Waals surface area contributed by atoms with Crippen molar-refractivity contribution in [3.8, 4) is 0 Å². The van der Waals surface area contributed by atoms with Gasteiger partial charge in [-0.2, -0.15) is 0 Å². The molecule has 0 aliphatic rings. The molecule has 0 aliphatic heterocycles. The van der Waals surface area contributed by atoms with Crippen LogP contribution in [0.25, 0.3) is 0 Å². The summed E-state index contributed by atoms with van der Waals surface area (Å²) in [5.41, 5.74) is 1.30. The van der Waals surface area contributed by atoms with Crippen molar-refractivity contribution in [2.45, 2.75) is 33.7 Å². The van der Waals surface area contributed by atoms with E-state index in [4.69, 9.17) is 0 Å². The van der Waals surface area contributed by atoms with Crippen molar-refractivity contribution in [3.63, 3.8) is 0 Å². The minimum atomic E-state index is 0.0888. The standard InChI is InChI=1S/C14H21NO/c1-14(2,3)9-13(16)11-15-10-12-7-5-4-6-8-12/h4-8,15H,9-11H2,1-3H3. The molecule has 1 N–H and O–H groups in total. The first kappa shape index (κ1) is 12.9. The van der Waals surface area contributed by atoms with Crippen LogP contribution in [0.3, 0.4) is 0 Å². The Balaban J connectivity index is 2.24. The highest BCUT2D eigenvalue weighted by Crippen LogP contribution is 2.18. The van der Waals surface area contributed by atoms with Crippen LogP contribution < -0.4 is 5.32 Å². The van der Waals surface area contributed by atoms with Crippen molar-refractivity contribution in [2.24, 2.45) is 5.41 Å². The average molecular weight is 219 g/mol. The maximum absolute atomic E-state index is 11.6. The molecule has 0 unspecified atom stereocenters. The van der Waals surface area contributed by atoms with Gasteiger partial charge in [0.25, 0.3) is 0 Å². The molecule has 2 nitrogen and oxygen atoms in total. The predicted octanol–water partition coefficient (Wildman–Crippen LogP) is 2.78. The van der Waals surface area contributed by atoms with Crippen molar-refractivity contribution in [1.82, 2.24) is 5.32 Å². The Morgan fingerprint density at radius 2 is 1.81 bits per heavy atom. The van der Waals surface area contributed by atoms with Crippen LogP contribution in [0.2, 0.25) is 0 Å². The number of hydrogen-bond donors (Lipinski definition) is 1. The molecule has 1 aromatic rings. The number of carbonyl (C=O) groups is 1. The molecule has 0 saturated heterocycles. The monoisotopic (exact) mass is 219 g/mol. The number of nitrogens with one attached hydrogen (secondary N) is 1. The molecule has 0 fully saturated rings. The molecule has 0 amide bonds. The molecule has 0 radical (unpaired) electrons. The molecule has 0 heterocycles. The normalized spacial score (nSPS) is 11.4. The number of rotatable bonds is 5. The summed E-state index contributed by atoms with van der Waals surface area (Å²) >= 11 is 0. The Hall–Kier alpha value is -1.15. The van der Waals surface area contributed by atoms with Gasteiger partial charge in [0, 0.05) is 13.0 Å². The maximum Gasteiger partial charge on any atom is 0.147 e. The molecule has 16 heavy (non-hydrogen) atoms. The summed E-state index contributed by atoms with van der Waals surface area (Å²) in [6, 6.07) is 10.1. The lowest BCUT2D eigenvalue weighted by atomic mass is 9.90. The molecule has 88 valence electrons. The second-order valence-corrected chi connectivity index (χ2v) is 5.37. The van der Waals surface area contributed by atoms with Crippen LogP contribution in [0.15, 0.2) is 30.3 Å². The quantitative estimate of drug-likeness (QED) is 0.825. The van der Waals surface area contributed by atoms with Gasteiger partial charge in [0.1, 0.15) is 5.78 Å². The lowest BCUT2D eigenvalue weighted by molar-refractivity contribution is -0.119. The van der Waals surface area contributed by atoms with Crippen LogP contribution in [0.5, 0.6) is 0 Å². The molecule has 0 atom stereocenters. The molecule has 1 rings (SSSR count).